The number of rotatable bonds is 4. The Bertz CT molecular complexity index is 729. The van der Waals surface area contributed by atoms with Gasteiger partial charge in [-0.2, -0.15) is 0 Å². The molecule has 136 valence electrons. The molecule has 26 heavy (non-hydrogen) atoms. The molecule has 2 heterocycles. The van der Waals surface area contributed by atoms with E-state index in [2.05, 4.69) is 0 Å². The Balaban J connectivity index is 1.36. The average molecular weight is 389 g/mol. The Morgan fingerprint density at radius 2 is 1.58 bits per heavy atom. The summed E-state index contributed by atoms with van der Waals surface area (Å²) in [7, 11) is 0. The Morgan fingerprint density at radius 1 is 1.00 bits per heavy atom. The summed E-state index contributed by atoms with van der Waals surface area (Å²) >= 11 is 3.83. The van der Waals surface area contributed by atoms with Gasteiger partial charge in [0.2, 0.25) is 11.8 Å². The van der Waals surface area contributed by atoms with Gasteiger partial charge in [0.25, 0.3) is 0 Å². The van der Waals surface area contributed by atoms with Crippen molar-refractivity contribution in [1.29, 1.82) is 0 Å². The van der Waals surface area contributed by atoms with E-state index in [1.165, 1.54) is 5.56 Å². The second kappa shape index (κ2) is 7.48. The van der Waals surface area contributed by atoms with Crippen LogP contribution in [0.5, 0.6) is 5.75 Å². The van der Waals surface area contributed by atoms with E-state index < -0.39 is 5.97 Å². The number of fused-ring (bicyclic) bond motifs is 1. The molecule has 1 aromatic rings. The number of carbonyl (C=O) groups is 3. The quantitative estimate of drug-likeness (QED) is 0.341. The average Bonchev–Trinajstić information content (AvgIpc) is 3.27. The standard InChI is InChI=1S/C19H19NO4S2/c21-16(11-20-17(22)14-3-1-2-4-15(14)18(20)23)24-13-7-5-12(6-8-13)19-25-9-10-26-19/h1-2,5-8,14-15,19H,3-4,9-11H2/t14-,15-/m1/s1. The number of allylic oxidation sites excluding steroid dienone is 2. The van der Waals surface area contributed by atoms with Crippen molar-refractivity contribution >= 4 is 41.3 Å². The highest BCUT2D eigenvalue weighted by molar-refractivity contribution is 8.19. The fourth-order valence-corrected chi connectivity index (χ4v) is 6.42. The van der Waals surface area contributed by atoms with Crippen LogP contribution >= 0.6 is 23.5 Å². The van der Waals surface area contributed by atoms with Crippen molar-refractivity contribution in [2.75, 3.05) is 18.1 Å². The van der Waals surface area contributed by atoms with Crippen molar-refractivity contribution in [2.24, 2.45) is 11.8 Å². The van der Waals surface area contributed by atoms with Crippen molar-refractivity contribution in [3.8, 4) is 5.75 Å². The summed E-state index contributed by atoms with van der Waals surface area (Å²) in [5.74, 6) is 1.00. The van der Waals surface area contributed by atoms with E-state index in [-0.39, 0.29) is 30.2 Å². The molecule has 2 aliphatic heterocycles. The molecule has 2 atom stereocenters. The first-order valence-electron chi connectivity index (χ1n) is 8.67. The highest BCUT2D eigenvalue weighted by atomic mass is 32.2. The molecule has 5 nitrogen and oxygen atoms in total. The number of imide groups is 1. The lowest BCUT2D eigenvalue weighted by Crippen LogP contribution is -2.37. The molecule has 0 unspecified atom stereocenters. The lowest BCUT2D eigenvalue weighted by atomic mass is 9.85. The maximum atomic E-state index is 12.4. The van der Waals surface area contributed by atoms with Crippen molar-refractivity contribution in [3.05, 3.63) is 42.0 Å². The number of thioether (sulfide) groups is 2. The molecule has 2 saturated heterocycles. The highest BCUT2D eigenvalue weighted by Gasteiger charge is 2.47. The molecular formula is C19H19NO4S2. The number of hydrogen-bond acceptors (Lipinski definition) is 6. The summed E-state index contributed by atoms with van der Waals surface area (Å²) in [6.07, 6.45) is 4.99. The Morgan fingerprint density at radius 3 is 2.15 bits per heavy atom. The highest BCUT2D eigenvalue weighted by Crippen LogP contribution is 2.45. The molecule has 2 fully saturated rings. The molecule has 0 aromatic heterocycles. The molecule has 0 N–H and O–H groups in total. The smallest absolute Gasteiger partial charge is 0.331 e. The largest absolute Gasteiger partial charge is 0.425 e. The van der Waals surface area contributed by atoms with Crippen LogP contribution in [-0.2, 0) is 14.4 Å². The van der Waals surface area contributed by atoms with Gasteiger partial charge in [0.1, 0.15) is 12.3 Å². The van der Waals surface area contributed by atoms with Crippen LogP contribution in [0.25, 0.3) is 0 Å². The number of likely N-dealkylation sites (tertiary alicyclic amines) is 1. The topological polar surface area (TPSA) is 63.7 Å². The lowest BCUT2D eigenvalue weighted by molar-refractivity contribution is -0.148. The van der Waals surface area contributed by atoms with E-state index in [0.29, 0.717) is 23.2 Å². The molecule has 0 spiro atoms. The van der Waals surface area contributed by atoms with Crippen LogP contribution in [0.4, 0.5) is 0 Å². The predicted molar refractivity (Wildman–Crippen MR) is 102 cm³/mol. The number of hydrogen-bond donors (Lipinski definition) is 0. The fourth-order valence-electron chi connectivity index (χ4n) is 3.56. The second-order valence-electron chi connectivity index (χ2n) is 6.54. The van der Waals surface area contributed by atoms with E-state index in [1.807, 2.05) is 47.8 Å². The number of nitrogens with zero attached hydrogens (tertiary/aromatic N) is 1. The van der Waals surface area contributed by atoms with Gasteiger partial charge < -0.3 is 4.74 Å². The molecular weight excluding hydrogens is 370 g/mol. The Hall–Kier alpha value is -1.73. The van der Waals surface area contributed by atoms with Crippen LogP contribution in [-0.4, -0.2) is 40.7 Å². The number of esters is 1. The van der Waals surface area contributed by atoms with E-state index in [4.69, 9.17) is 4.74 Å². The monoisotopic (exact) mass is 389 g/mol. The van der Waals surface area contributed by atoms with E-state index in [0.717, 1.165) is 16.4 Å². The second-order valence-corrected chi connectivity index (χ2v) is 9.26. The summed E-state index contributed by atoms with van der Waals surface area (Å²) in [4.78, 5) is 38.1. The maximum absolute atomic E-state index is 12.4. The van der Waals surface area contributed by atoms with Gasteiger partial charge in [-0.1, -0.05) is 24.3 Å². The van der Waals surface area contributed by atoms with Gasteiger partial charge in [-0.25, -0.2) is 4.79 Å². The van der Waals surface area contributed by atoms with Gasteiger partial charge in [0.05, 0.1) is 16.4 Å². The summed E-state index contributed by atoms with van der Waals surface area (Å²) in [5.41, 5.74) is 1.21. The van der Waals surface area contributed by atoms with Gasteiger partial charge >= 0.3 is 5.97 Å². The molecule has 1 aliphatic carbocycles. The number of ether oxygens (including phenoxy) is 1. The van der Waals surface area contributed by atoms with Crippen LogP contribution in [0.15, 0.2) is 36.4 Å². The normalized spacial score (nSPS) is 25.6. The molecule has 3 aliphatic rings. The summed E-state index contributed by atoms with van der Waals surface area (Å²) in [6.45, 7) is -0.319. The first-order chi connectivity index (χ1) is 12.6. The van der Waals surface area contributed by atoms with E-state index >= 15 is 0 Å². The van der Waals surface area contributed by atoms with Crippen molar-refractivity contribution < 1.29 is 19.1 Å². The summed E-state index contributed by atoms with van der Waals surface area (Å²) < 4.78 is 5.77. The van der Waals surface area contributed by atoms with Crippen LogP contribution in [0.3, 0.4) is 0 Å². The maximum Gasteiger partial charge on any atom is 0.331 e. The van der Waals surface area contributed by atoms with Crippen LogP contribution < -0.4 is 4.74 Å². The molecule has 1 aromatic carbocycles. The van der Waals surface area contributed by atoms with Crippen LogP contribution in [0.2, 0.25) is 0 Å². The van der Waals surface area contributed by atoms with Gasteiger partial charge in [-0.05, 0) is 30.5 Å². The van der Waals surface area contributed by atoms with Crippen molar-refractivity contribution in [3.63, 3.8) is 0 Å². The minimum absolute atomic E-state index is 0.257. The minimum atomic E-state index is -0.587. The number of benzene rings is 1. The zero-order chi connectivity index (χ0) is 18.1. The zero-order valence-corrected chi connectivity index (χ0v) is 15.8. The third-order valence-electron chi connectivity index (χ3n) is 4.89. The van der Waals surface area contributed by atoms with E-state index in [9.17, 15) is 14.4 Å². The molecule has 0 bridgehead atoms. The predicted octanol–water partition coefficient (Wildman–Crippen LogP) is 3.02. The van der Waals surface area contributed by atoms with Gasteiger partial charge in [-0.3, -0.25) is 14.5 Å². The third kappa shape index (κ3) is 3.42. The molecule has 2 amide bonds. The summed E-state index contributed by atoms with van der Waals surface area (Å²) in [5, 5.41) is 0. The third-order valence-corrected chi connectivity index (χ3v) is 8.00. The molecule has 7 heteroatoms. The first-order valence-corrected chi connectivity index (χ1v) is 10.8. The zero-order valence-electron chi connectivity index (χ0n) is 14.1. The van der Waals surface area contributed by atoms with Gasteiger partial charge in [0.15, 0.2) is 0 Å². The fraction of sp³-hybridized carbons (Fsp3) is 0.421. The molecule has 4 rings (SSSR count). The first kappa shape index (κ1) is 17.7. The number of carbonyl (C=O) groups excluding carboxylic acids is 3. The van der Waals surface area contributed by atoms with Gasteiger partial charge in [0, 0.05) is 11.5 Å². The minimum Gasteiger partial charge on any atom is -0.425 e. The van der Waals surface area contributed by atoms with E-state index in [1.54, 1.807) is 12.1 Å². The summed E-state index contributed by atoms with van der Waals surface area (Å²) in [6, 6.07) is 7.46. The van der Waals surface area contributed by atoms with Crippen molar-refractivity contribution in [2.45, 2.75) is 17.4 Å². The van der Waals surface area contributed by atoms with Crippen molar-refractivity contribution in [1.82, 2.24) is 4.90 Å². The Kier molecular flexibility index (Phi) is 5.09. The van der Waals surface area contributed by atoms with Gasteiger partial charge in [-0.15, -0.1) is 23.5 Å². The lowest BCUT2D eigenvalue weighted by Gasteiger charge is -2.14. The molecule has 0 saturated carbocycles. The van der Waals surface area contributed by atoms with Crippen LogP contribution in [0, 0.1) is 11.8 Å². The Labute approximate surface area is 160 Å². The SMILES string of the molecule is O=C(CN1C(=O)[C@@H]2CC=CC[C@H]2C1=O)Oc1ccc(C2SCCS2)cc1. The molecule has 0 radical (unpaired) electrons. The van der Waals surface area contributed by atoms with Crippen LogP contribution in [0.1, 0.15) is 23.0 Å². The number of amides is 2.